The summed E-state index contributed by atoms with van der Waals surface area (Å²) in [6.07, 6.45) is 1.53. The molecule has 1 aliphatic rings. The molecule has 2 aromatic rings. The molecule has 1 atom stereocenters. The lowest BCUT2D eigenvalue weighted by molar-refractivity contribution is -0.125. The first-order valence-corrected chi connectivity index (χ1v) is 9.04. The maximum Gasteiger partial charge on any atom is 0.254 e. The fourth-order valence-corrected chi connectivity index (χ4v) is 3.24. The van der Waals surface area contributed by atoms with Crippen LogP contribution in [0.1, 0.15) is 35.7 Å². The third-order valence-corrected chi connectivity index (χ3v) is 4.52. The number of carbonyl (C=O) groups excluding carboxylic acids is 2. The van der Waals surface area contributed by atoms with Crippen LogP contribution >= 0.6 is 0 Å². The number of benzene rings is 2. The van der Waals surface area contributed by atoms with Crippen LogP contribution in [0.3, 0.4) is 0 Å². The maximum atomic E-state index is 12.9. The second kappa shape index (κ2) is 8.52. The summed E-state index contributed by atoms with van der Waals surface area (Å²) in [5, 5.41) is 2.95. The van der Waals surface area contributed by atoms with Crippen molar-refractivity contribution in [2.24, 2.45) is 0 Å². The highest BCUT2D eigenvalue weighted by atomic mass is 16.5. The molecule has 0 saturated carbocycles. The molecular formula is C21H24N2O3. The zero-order valence-corrected chi connectivity index (χ0v) is 15.0. The van der Waals surface area contributed by atoms with Crippen molar-refractivity contribution >= 4 is 11.8 Å². The van der Waals surface area contributed by atoms with Crippen molar-refractivity contribution in [1.29, 1.82) is 0 Å². The largest absolute Gasteiger partial charge is 0.494 e. The van der Waals surface area contributed by atoms with Gasteiger partial charge < -0.3 is 15.0 Å². The highest BCUT2D eigenvalue weighted by Crippen LogP contribution is 2.22. The Bertz CT molecular complexity index is 761. The topological polar surface area (TPSA) is 58.6 Å². The molecule has 3 rings (SSSR count). The molecule has 1 aliphatic heterocycles. The van der Waals surface area contributed by atoms with Gasteiger partial charge in [-0.05, 0) is 43.5 Å². The van der Waals surface area contributed by atoms with E-state index < -0.39 is 6.04 Å². The van der Waals surface area contributed by atoms with Gasteiger partial charge in [0, 0.05) is 18.7 Å². The molecule has 0 spiro atoms. The Labute approximate surface area is 154 Å². The molecule has 136 valence electrons. The minimum Gasteiger partial charge on any atom is -0.494 e. The van der Waals surface area contributed by atoms with Gasteiger partial charge >= 0.3 is 0 Å². The van der Waals surface area contributed by atoms with Gasteiger partial charge in [-0.25, -0.2) is 0 Å². The van der Waals surface area contributed by atoms with E-state index in [-0.39, 0.29) is 11.8 Å². The van der Waals surface area contributed by atoms with E-state index in [2.05, 4.69) is 5.32 Å². The van der Waals surface area contributed by atoms with Crippen molar-refractivity contribution in [3.63, 3.8) is 0 Å². The third kappa shape index (κ3) is 4.23. The quantitative estimate of drug-likeness (QED) is 0.869. The van der Waals surface area contributed by atoms with Crippen LogP contribution in [0, 0.1) is 0 Å². The van der Waals surface area contributed by atoms with E-state index in [1.807, 2.05) is 43.3 Å². The van der Waals surface area contributed by atoms with Gasteiger partial charge in [-0.3, -0.25) is 9.59 Å². The summed E-state index contributed by atoms with van der Waals surface area (Å²) in [4.78, 5) is 27.2. The Balaban J connectivity index is 1.66. The lowest BCUT2D eigenvalue weighted by atomic mass is 10.1. The number of nitrogens with zero attached hydrogens (tertiary/aromatic N) is 1. The summed E-state index contributed by atoms with van der Waals surface area (Å²) >= 11 is 0. The van der Waals surface area contributed by atoms with Crippen LogP contribution in [0.15, 0.2) is 54.6 Å². The Hall–Kier alpha value is -2.82. The Morgan fingerprint density at radius 1 is 1.15 bits per heavy atom. The molecule has 0 aliphatic carbocycles. The summed E-state index contributed by atoms with van der Waals surface area (Å²) in [6.45, 7) is 3.52. The number of likely N-dealkylation sites (tertiary alicyclic amines) is 1. The number of carbonyl (C=O) groups is 2. The highest BCUT2D eigenvalue weighted by molar-refractivity contribution is 5.98. The number of ether oxygens (including phenoxy) is 1. The number of nitrogens with one attached hydrogen (secondary N) is 1. The van der Waals surface area contributed by atoms with Crippen molar-refractivity contribution in [3.05, 3.63) is 65.7 Å². The van der Waals surface area contributed by atoms with Crippen LogP contribution in [-0.2, 0) is 11.3 Å². The molecule has 26 heavy (non-hydrogen) atoms. The highest BCUT2D eigenvalue weighted by Gasteiger charge is 2.34. The maximum absolute atomic E-state index is 12.9. The Morgan fingerprint density at radius 2 is 1.96 bits per heavy atom. The van der Waals surface area contributed by atoms with Crippen molar-refractivity contribution in [3.8, 4) is 5.75 Å². The van der Waals surface area contributed by atoms with E-state index in [9.17, 15) is 9.59 Å². The molecule has 1 N–H and O–H groups in total. The average Bonchev–Trinajstić information content (AvgIpc) is 3.17. The molecule has 0 radical (unpaired) electrons. The van der Waals surface area contributed by atoms with E-state index in [1.165, 1.54) is 0 Å². The normalized spacial score (nSPS) is 16.3. The van der Waals surface area contributed by atoms with Crippen LogP contribution in [0.4, 0.5) is 0 Å². The fourth-order valence-electron chi connectivity index (χ4n) is 3.24. The van der Waals surface area contributed by atoms with E-state index in [0.717, 1.165) is 12.0 Å². The van der Waals surface area contributed by atoms with Gasteiger partial charge in [0.1, 0.15) is 11.8 Å². The predicted molar refractivity (Wildman–Crippen MR) is 100.0 cm³/mol. The molecule has 1 unspecified atom stereocenters. The fraction of sp³-hybridized carbons (Fsp3) is 0.333. The molecule has 2 aromatic carbocycles. The van der Waals surface area contributed by atoms with Crippen LogP contribution < -0.4 is 10.1 Å². The van der Waals surface area contributed by atoms with E-state index in [1.54, 1.807) is 23.1 Å². The van der Waals surface area contributed by atoms with E-state index >= 15 is 0 Å². The predicted octanol–water partition coefficient (Wildman–Crippen LogP) is 3.01. The molecule has 1 saturated heterocycles. The van der Waals surface area contributed by atoms with Gasteiger partial charge in [-0.15, -0.1) is 0 Å². The van der Waals surface area contributed by atoms with Crippen molar-refractivity contribution in [1.82, 2.24) is 10.2 Å². The SMILES string of the molecule is CCOc1cccc(C(=O)N2CCCC2C(=O)NCc2ccccc2)c1. The lowest BCUT2D eigenvalue weighted by Crippen LogP contribution is -2.45. The summed E-state index contributed by atoms with van der Waals surface area (Å²) in [7, 11) is 0. The van der Waals surface area contributed by atoms with Crippen LogP contribution in [-0.4, -0.2) is 35.9 Å². The van der Waals surface area contributed by atoms with E-state index in [0.29, 0.717) is 37.4 Å². The summed E-state index contributed by atoms with van der Waals surface area (Å²) in [5.41, 5.74) is 1.60. The van der Waals surface area contributed by atoms with E-state index in [4.69, 9.17) is 4.74 Å². The molecular weight excluding hydrogens is 328 g/mol. The lowest BCUT2D eigenvalue weighted by Gasteiger charge is -2.24. The number of hydrogen-bond donors (Lipinski definition) is 1. The molecule has 1 heterocycles. The van der Waals surface area contributed by atoms with Gasteiger partial charge in [-0.2, -0.15) is 0 Å². The molecule has 5 nitrogen and oxygen atoms in total. The number of amides is 2. The molecule has 0 aromatic heterocycles. The second-order valence-electron chi connectivity index (χ2n) is 6.32. The second-order valence-corrected chi connectivity index (χ2v) is 6.32. The minimum atomic E-state index is -0.415. The Morgan fingerprint density at radius 3 is 2.73 bits per heavy atom. The molecule has 1 fully saturated rings. The van der Waals surface area contributed by atoms with Gasteiger partial charge in [0.25, 0.3) is 5.91 Å². The van der Waals surface area contributed by atoms with Crippen molar-refractivity contribution in [2.75, 3.05) is 13.2 Å². The first-order chi connectivity index (χ1) is 12.7. The molecule has 2 amide bonds. The van der Waals surface area contributed by atoms with Crippen LogP contribution in [0.5, 0.6) is 5.75 Å². The first kappa shape index (κ1) is 18.0. The van der Waals surface area contributed by atoms with Crippen LogP contribution in [0.2, 0.25) is 0 Å². The number of rotatable bonds is 6. The van der Waals surface area contributed by atoms with Gasteiger partial charge in [-0.1, -0.05) is 36.4 Å². The zero-order chi connectivity index (χ0) is 18.4. The summed E-state index contributed by atoms with van der Waals surface area (Å²) in [5.74, 6) is 0.451. The summed E-state index contributed by atoms with van der Waals surface area (Å²) < 4.78 is 5.47. The van der Waals surface area contributed by atoms with Gasteiger partial charge in [0.2, 0.25) is 5.91 Å². The van der Waals surface area contributed by atoms with Gasteiger partial charge in [0.15, 0.2) is 0 Å². The first-order valence-electron chi connectivity index (χ1n) is 9.04. The average molecular weight is 352 g/mol. The standard InChI is InChI=1S/C21H24N2O3/c1-2-26-18-11-6-10-17(14-18)21(25)23-13-7-12-19(23)20(24)22-15-16-8-4-3-5-9-16/h3-6,8-11,14,19H,2,7,12-13,15H2,1H3,(H,22,24). The monoisotopic (exact) mass is 352 g/mol. The van der Waals surface area contributed by atoms with Crippen molar-refractivity contribution < 1.29 is 14.3 Å². The smallest absolute Gasteiger partial charge is 0.254 e. The van der Waals surface area contributed by atoms with Gasteiger partial charge in [0.05, 0.1) is 6.61 Å². The van der Waals surface area contributed by atoms with Crippen LogP contribution in [0.25, 0.3) is 0 Å². The minimum absolute atomic E-state index is 0.0966. The Kier molecular flexibility index (Phi) is 5.89. The number of hydrogen-bond acceptors (Lipinski definition) is 3. The molecule has 5 heteroatoms. The molecule has 0 bridgehead atoms. The zero-order valence-electron chi connectivity index (χ0n) is 15.0. The third-order valence-electron chi connectivity index (χ3n) is 4.52. The summed E-state index contributed by atoms with van der Waals surface area (Å²) in [6, 6.07) is 16.5. The van der Waals surface area contributed by atoms with Crippen molar-refractivity contribution in [2.45, 2.75) is 32.4 Å².